The molecule has 2 atom stereocenters. The normalized spacial score (nSPS) is 26.4. The van der Waals surface area contributed by atoms with Gasteiger partial charge in [0.1, 0.15) is 6.07 Å². The van der Waals surface area contributed by atoms with Gasteiger partial charge in [0.15, 0.2) is 0 Å². The van der Waals surface area contributed by atoms with Crippen LogP contribution >= 0.6 is 0 Å². The molecule has 0 spiro atoms. The molecule has 1 N–H and O–H groups in total. The van der Waals surface area contributed by atoms with Gasteiger partial charge in [0, 0.05) is 13.1 Å². The highest BCUT2D eigenvalue weighted by Crippen LogP contribution is 2.32. The van der Waals surface area contributed by atoms with Gasteiger partial charge in [0.2, 0.25) is 5.91 Å². The Labute approximate surface area is 106 Å². The topological polar surface area (TPSA) is 56.1 Å². The number of carbonyl (C=O) groups is 1. The zero-order chi connectivity index (χ0) is 12.5. The van der Waals surface area contributed by atoms with Crippen molar-refractivity contribution in [2.24, 2.45) is 5.92 Å². The molecule has 92 valence electrons. The van der Waals surface area contributed by atoms with Gasteiger partial charge < -0.3 is 10.2 Å². The van der Waals surface area contributed by atoms with Gasteiger partial charge in [0.05, 0.1) is 23.2 Å². The summed E-state index contributed by atoms with van der Waals surface area (Å²) in [5, 5.41) is 12.1. The van der Waals surface area contributed by atoms with E-state index in [0.29, 0.717) is 12.1 Å². The summed E-state index contributed by atoms with van der Waals surface area (Å²) in [6.07, 6.45) is 1.97. The average Bonchev–Trinajstić information content (AvgIpc) is 2.81. The summed E-state index contributed by atoms with van der Waals surface area (Å²) in [5.74, 6) is 0.254. The van der Waals surface area contributed by atoms with Gasteiger partial charge in [-0.2, -0.15) is 5.26 Å². The molecule has 0 saturated carbocycles. The van der Waals surface area contributed by atoms with Gasteiger partial charge in [-0.25, -0.2) is 0 Å². The summed E-state index contributed by atoms with van der Waals surface area (Å²) in [6.45, 7) is 1.62. The van der Waals surface area contributed by atoms with Crippen LogP contribution in [-0.4, -0.2) is 25.0 Å². The van der Waals surface area contributed by atoms with Gasteiger partial charge in [-0.3, -0.25) is 4.79 Å². The number of para-hydroxylation sites is 1. The molecule has 4 nitrogen and oxygen atoms in total. The monoisotopic (exact) mass is 241 g/mol. The van der Waals surface area contributed by atoms with E-state index < -0.39 is 0 Å². The molecule has 2 heterocycles. The quantitative estimate of drug-likeness (QED) is 0.805. The lowest BCUT2D eigenvalue weighted by molar-refractivity contribution is -0.122. The maximum absolute atomic E-state index is 11.7. The van der Waals surface area contributed by atoms with Gasteiger partial charge >= 0.3 is 0 Å². The number of nitrogens with zero attached hydrogens (tertiary/aromatic N) is 2. The third-order valence-electron chi connectivity index (χ3n) is 3.94. The fourth-order valence-corrected chi connectivity index (χ4v) is 3.07. The predicted octanol–water partition coefficient (Wildman–Crippen LogP) is 1.27. The lowest BCUT2D eigenvalue weighted by atomic mass is 9.90. The lowest BCUT2D eigenvalue weighted by Crippen LogP contribution is -2.46. The number of carbonyl (C=O) groups excluding carboxylic acids is 1. The maximum Gasteiger partial charge on any atom is 0.225 e. The van der Waals surface area contributed by atoms with Gasteiger partial charge in [-0.15, -0.1) is 0 Å². The fraction of sp³-hybridized carbons (Fsp3) is 0.429. The number of anilines is 1. The second-order valence-corrected chi connectivity index (χ2v) is 4.88. The highest BCUT2D eigenvalue weighted by atomic mass is 16.2. The van der Waals surface area contributed by atoms with Crippen molar-refractivity contribution in [1.29, 1.82) is 5.26 Å². The van der Waals surface area contributed by atoms with Crippen LogP contribution in [0, 0.1) is 17.2 Å². The molecule has 2 saturated heterocycles. The van der Waals surface area contributed by atoms with E-state index in [0.717, 1.165) is 25.1 Å². The van der Waals surface area contributed by atoms with Crippen LogP contribution in [0.1, 0.15) is 18.4 Å². The smallest absolute Gasteiger partial charge is 0.225 e. The second kappa shape index (κ2) is 4.34. The molecule has 2 aliphatic rings. The number of hydrogen-bond donors (Lipinski definition) is 1. The molecule has 4 heteroatoms. The lowest BCUT2D eigenvalue weighted by Gasteiger charge is -2.38. The molecule has 0 aromatic heterocycles. The van der Waals surface area contributed by atoms with E-state index in [2.05, 4.69) is 16.3 Å². The van der Waals surface area contributed by atoms with Crippen molar-refractivity contribution in [3.05, 3.63) is 29.8 Å². The summed E-state index contributed by atoms with van der Waals surface area (Å²) in [5.41, 5.74) is 1.66. The Balaban J connectivity index is 1.96. The molecule has 0 bridgehead atoms. The van der Waals surface area contributed by atoms with Crippen molar-refractivity contribution in [3.63, 3.8) is 0 Å². The average molecular weight is 241 g/mol. The fourth-order valence-electron chi connectivity index (χ4n) is 3.07. The SMILES string of the molecule is N#Cc1ccccc1N1CCCC2C(=O)NCC21. The third-order valence-corrected chi connectivity index (χ3v) is 3.94. The van der Waals surface area contributed by atoms with Crippen LogP contribution in [0.4, 0.5) is 5.69 Å². The van der Waals surface area contributed by atoms with E-state index in [1.54, 1.807) is 0 Å². The number of benzene rings is 1. The predicted molar refractivity (Wildman–Crippen MR) is 68.0 cm³/mol. The van der Waals surface area contributed by atoms with Gasteiger partial charge in [-0.05, 0) is 25.0 Å². The summed E-state index contributed by atoms with van der Waals surface area (Å²) in [7, 11) is 0. The first-order chi connectivity index (χ1) is 8.81. The van der Waals surface area contributed by atoms with Crippen LogP contribution in [0.2, 0.25) is 0 Å². The van der Waals surface area contributed by atoms with E-state index in [1.165, 1.54) is 0 Å². The molecule has 2 unspecified atom stereocenters. The van der Waals surface area contributed by atoms with Gasteiger partial charge in [-0.1, -0.05) is 12.1 Å². The molecular formula is C14H15N3O. The molecule has 0 radical (unpaired) electrons. The Morgan fingerprint density at radius 1 is 1.39 bits per heavy atom. The molecule has 1 aromatic rings. The van der Waals surface area contributed by atoms with E-state index in [1.807, 2.05) is 24.3 Å². The van der Waals surface area contributed by atoms with E-state index in [4.69, 9.17) is 0 Å². The number of amides is 1. The first-order valence-corrected chi connectivity index (χ1v) is 6.35. The Morgan fingerprint density at radius 3 is 3.06 bits per heavy atom. The van der Waals surface area contributed by atoms with Crippen molar-refractivity contribution in [3.8, 4) is 6.07 Å². The van der Waals surface area contributed by atoms with Crippen molar-refractivity contribution < 1.29 is 4.79 Å². The number of piperidine rings is 1. The molecule has 1 amide bonds. The summed E-state index contributed by atoms with van der Waals surface area (Å²) in [4.78, 5) is 14.0. The number of hydrogen-bond acceptors (Lipinski definition) is 3. The van der Waals surface area contributed by atoms with Crippen LogP contribution in [-0.2, 0) is 4.79 Å². The minimum absolute atomic E-state index is 0.0884. The van der Waals surface area contributed by atoms with Crippen molar-refractivity contribution in [2.75, 3.05) is 18.0 Å². The Kier molecular flexibility index (Phi) is 2.67. The van der Waals surface area contributed by atoms with Crippen LogP contribution in [0.5, 0.6) is 0 Å². The van der Waals surface area contributed by atoms with Crippen LogP contribution < -0.4 is 10.2 Å². The molecule has 3 rings (SSSR count). The molecular weight excluding hydrogens is 226 g/mol. The largest absolute Gasteiger partial charge is 0.365 e. The molecule has 2 fully saturated rings. The number of nitriles is 1. The summed E-state index contributed by atoms with van der Waals surface area (Å²) < 4.78 is 0. The second-order valence-electron chi connectivity index (χ2n) is 4.88. The summed E-state index contributed by atoms with van der Waals surface area (Å²) in [6, 6.07) is 10.1. The Morgan fingerprint density at radius 2 is 2.22 bits per heavy atom. The summed E-state index contributed by atoms with van der Waals surface area (Å²) >= 11 is 0. The van der Waals surface area contributed by atoms with Crippen molar-refractivity contribution in [1.82, 2.24) is 5.32 Å². The van der Waals surface area contributed by atoms with Crippen LogP contribution in [0.15, 0.2) is 24.3 Å². The minimum Gasteiger partial charge on any atom is -0.365 e. The number of rotatable bonds is 1. The zero-order valence-corrected chi connectivity index (χ0v) is 10.1. The molecule has 1 aromatic carbocycles. The van der Waals surface area contributed by atoms with Crippen molar-refractivity contribution >= 4 is 11.6 Å². The first-order valence-electron chi connectivity index (χ1n) is 6.35. The first kappa shape index (κ1) is 11.1. The maximum atomic E-state index is 11.7. The zero-order valence-electron chi connectivity index (χ0n) is 10.1. The standard InChI is InChI=1S/C14H15N3O/c15-8-10-4-1-2-6-12(10)17-7-3-5-11-13(17)9-16-14(11)18/h1-2,4,6,11,13H,3,5,7,9H2,(H,16,18). The Hall–Kier alpha value is -2.02. The van der Waals surface area contributed by atoms with E-state index in [-0.39, 0.29) is 17.9 Å². The van der Waals surface area contributed by atoms with Gasteiger partial charge in [0.25, 0.3) is 0 Å². The minimum atomic E-state index is 0.0884. The van der Waals surface area contributed by atoms with E-state index in [9.17, 15) is 10.1 Å². The number of fused-ring (bicyclic) bond motifs is 1. The highest BCUT2D eigenvalue weighted by molar-refractivity contribution is 5.83. The van der Waals surface area contributed by atoms with E-state index >= 15 is 0 Å². The molecule has 18 heavy (non-hydrogen) atoms. The molecule has 2 aliphatic heterocycles. The number of nitrogens with one attached hydrogen (secondary N) is 1. The molecule has 0 aliphatic carbocycles. The highest BCUT2D eigenvalue weighted by Gasteiger charge is 2.41. The van der Waals surface area contributed by atoms with Crippen molar-refractivity contribution in [2.45, 2.75) is 18.9 Å². The van der Waals surface area contributed by atoms with Crippen LogP contribution in [0.3, 0.4) is 0 Å². The Bertz CT molecular complexity index is 520. The van der Waals surface area contributed by atoms with Crippen LogP contribution in [0.25, 0.3) is 0 Å². The third kappa shape index (κ3) is 1.63.